The van der Waals surface area contributed by atoms with E-state index in [-0.39, 0.29) is 0 Å². The molecule has 2 nitrogen and oxygen atoms in total. The fourth-order valence-electron chi connectivity index (χ4n) is 1.41. The Morgan fingerprint density at radius 3 is 2.56 bits per heavy atom. The maximum Gasteiger partial charge on any atom is 0.185 e. The maximum absolute atomic E-state index is 10.5. The maximum atomic E-state index is 10.5. The smallest absolute Gasteiger partial charge is 0.185 e. The normalized spacial score (nSPS) is 10.4. The van der Waals surface area contributed by atoms with Gasteiger partial charge in [-0.25, -0.2) is 0 Å². The molecule has 0 atom stereocenters. The molecule has 0 unspecified atom stereocenters. The Balaban J connectivity index is 2.55. The van der Waals surface area contributed by atoms with Crippen molar-refractivity contribution in [2.24, 2.45) is 0 Å². The Bertz CT molecular complexity index is 544. The number of aryl methyl sites for hydroxylation is 1. The van der Waals surface area contributed by atoms with Crippen molar-refractivity contribution in [1.29, 1.82) is 0 Å². The minimum atomic E-state index is 0.336. The molecule has 16 heavy (non-hydrogen) atoms. The molecule has 0 radical (unpaired) electrons. The molecule has 0 aliphatic heterocycles. The van der Waals surface area contributed by atoms with Gasteiger partial charge in [0.15, 0.2) is 12.0 Å². The minimum absolute atomic E-state index is 0.336. The van der Waals surface area contributed by atoms with Crippen molar-refractivity contribution in [2.45, 2.75) is 6.92 Å². The lowest BCUT2D eigenvalue weighted by molar-refractivity contribution is 0.110. The fraction of sp³-hybridized carbons (Fsp3) is 0.0833. The van der Waals surface area contributed by atoms with Gasteiger partial charge in [0, 0.05) is 14.5 Å². The first-order valence-corrected chi connectivity index (χ1v) is 6.21. The van der Waals surface area contributed by atoms with Gasteiger partial charge in [0.1, 0.15) is 5.76 Å². The fourth-order valence-corrected chi connectivity index (χ4v) is 2.60. The topological polar surface area (TPSA) is 30.2 Å². The summed E-state index contributed by atoms with van der Waals surface area (Å²) in [6.45, 7) is 2.00. The number of carbonyl (C=O) groups is 1. The molecule has 0 aliphatic rings. The van der Waals surface area contributed by atoms with Crippen LogP contribution in [0.5, 0.6) is 0 Å². The summed E-state index contributed by atoms with van der Waals surface area (Å²) in [7, 11) is 0. The summed E-state index contributed by atoms with van der Waals surface area (Å²) < 4.78 is 7.34. The zero-order valence-corrected chi connectivity index (χ0v) is 11.6. The first-order valence-electron chi connectivity index (χ1n) is 4.63. The van der Waals surface area contributed by atoms with Crippen LogP contribution in [0.1, 0.15) is 16.1 Å². The zero-order valence-electron chi connectivity index (χ0n) is 8.46. The van der Waals surface area contributed by atoms with Gasteiger partial charge in [-0.3, -0.25) is 4.79 Å². The lowest BCUT2D eigenvalue weighted by Crippen LogP contribution is -1.82. The van der Waals surface area contributed by atoms with E-state index >= 15 is 0 Å². The van der Waals surface area contributed by atoms with Gasteiger partial charge in [0.2, 0.25) is 0 Å². The first kappa shape index (κ1) is 11.6. The highest BCUT2D eigenvalue weighted by Gasteiger charge is 2.10. The van der Waals surface area contributed by atoms with Crippen LogP contribution in [0.3, 0.4) is 0 Å². The lowest BCUT2D eigenvalue weighted by atomic mass is 10.1. The number of carbonyl (C=O) groups excluding carboxylic acids is 1. The molecule has 0 N–H and O–H groups in total. The molecule has 1 heterocycles. The van der Waals surface area contributed by atoms with Crippen LogP contribution in [0.4, 0.5) is 0 Å². The average Bonchev–Trinajstić information content (AvgIpc) is 2.71. The molecule has 0 amide bonds. The van der Waals surface area contributed by atoms with E-state index in [2.05, 4.69) is 31.9 Å². The van der Waals surface area contributed by atoms with Crippen molar-refractivity contribution >= 4 is 38.1 Å². The highest BCUT2D eigenvalue weighted by molar-refractivity contribution is 9.11. The molecule has 0 saturated heterocycles. The van der Waals surface area contributed by atoms with Gasteiger partial charge in [-0.1, -0.05) is 15.9 Å². The number of furan rings is 1. The van der Waals surface area contributed by atoms with E-state index in [0.29, 0.717) is 17.8 Å². The molecular weight excluding hydrogens is 336 g/mol. The van der Waals surface area contributed by atoms with Crippen molar-refractivity contribution in [3.05, 3.63) is 44.5 Å². The molecule has 0 fully saturated rings. The highest BCUT2D eigenvalue weighted by atomic mass is 79.9. The van der Waals surface area contributed by atoms with Crippen molar-refractivity contribution < 1.29 is 9.21 Å². The van der Waals surface area contributed by atoms with E-state index < -0.39 is 0 Å². The van der Waals surface area contributed by atoms with E-state index in [1.807, 2.05) is 19.1 Å². The number of halogens is 2. The molecule has 0 spiro atoms. The molecule has 82 valence electrons. The van der Waals surface area contributed by atoms with E-state index in [1.54, 1.807) is 12.1 Å². The van der Waals surface area contributed by atoms with Crippen LogP contribution in [0, 0.1) is 6.92 Å². The van der Waals surface area contributed by atoms with Crippen molar-refractivity contribution in [1.82, 2.24) is 0 Å². The number of hydrogen-bond acceptors (Lipinski definition) is 2. The van der Waals surface area contributed by atoms with Gasteiger partial charge in [-0.15, -0.1) is 0 Å². The quantitative estimate of drug-likeness (QED) is 0.746. The van der Waals surface area contributed by atoms with Gasteiger partial charge in [-0.05, 0) is 52.7 Å². The number of aldehydes is 1. The summed E-state index contributed by atoms with van der Waals surface area (Å²) >= 11 is 6.93. The second kappa shape index (κ2) is 4.55. The van der Waals surface area contributed by atoms with Gasteiger partial charge in [0.05, 0.1) is 0 Å². The third kappa shape index (κ3) is 2.13. The van der Waals surface area contributed by atoms with Crippen molar-refractivity contribution in [2.75, 3.05) is 0 Å². The van der Waals surface area contributed by atoms with Crippen LogP contribution in [-0.2, 0) is 0 Å². The SMILES string of the molecule is Cc1cc(-c2ccc(C=O)o2)c(Br)cc1Br. The van der Waals surface area contributed by atoms with Gasteiger partial charge in [0.25, 0.3) is 0 Å². The van der Waals surface area contributed by atoms with E-state index in [1.165, 1.54) is 0 Å². The van der Waals surface area contributed by atoms with E-state index in [9.17, 15) is 4.79 Å². The highest BCUT2D eigenvalue weighted by Crippen LogP contribution is 2.33. The molecule has 4 heteroatoms. The molecule has 2 rings (SSSR count). The summed E-state index contributed by atoms with van der Waals surface area (Å²) in [5.74, 6) is 1.02. The number of benzene rings is 1. The van der Waals surface area contributed by atoms with Gasteiger partial charge < -0.3 is 4.42 Å². The lowest BCUT2D eigenvalue weighted by Gasteiger charge is -2.05. The summed E-state index contributed by atoms with van der Waals surface area (Å²) in [6, 6.07) is 7.42. The average molecular weight is 344 g/mol. The molecular formula is C12H8Br2O2. The molecule has 0 bridgehead atoms. The standard InChI is InChI=1S/C12H8Br2O2/c1-7-4-9(11(14)5-10(7)13)12-3-2-8(6-15)16-12/h2-6H,1H3. The Labute approximate surface area is 110 Å². The predicted octanol–water partition coefficient (Wildman–Crippen LogP) is 4.59. The molecule has 1 aromatic heterocycles. The van der Waals surface area contributed by atoms with Crippen molar-refractivity contribution in [3.63, 3.8) is 0 Å². The second-order valence-corrected chi connectivity index (χ2v) is 5.11. The third-order valence-corrected chi connectivity index (χ3v) is 3.77. The number of hydrogen-bond donors (Lipinski definition) is 0. The Hall–Kier alpha value is -0.870. The minimum Gasteiger partial charge on any atom is -0.453 e. The monoisotopic (exact) mass is 342 g/mol. The number of rotatable bonds is 2. The van der Waals surface area contributed by atoms with Crippen LogP contribution in [0.25, 0.3) is 11.3 Å². The van der Waals surface area contributed by atoms with Crippen molar-refractivity contribution in [3.8, 4) is 11.3 Å². The zero-order chi connectivity index (χ0) is 11.7. The Morgan fingerprint density at radius 2 is 1.94 bits per heavy atom. The van der Waals surface area contributed by atoms with Crippen LogP contribution in [0.15, 0.2) is 37.6 Å². The Morgan fingerprint density at radius 1 is 1.19 bits per heavy atom. The summed E-state index contributed by atoms with van der Waals surface area (Å²) in [4.78, 5) is 10.5. The van der Waals surface area contributed by atoms with Gasteiger partial charge in [-0.2, -0.15) is 0 Å². The van der Waals surface area contributed by atoms with E-state index in [0.717, 1.165) is 20.1 Å². The third-order valence-electron chi connectivity index (χ3n) is 2.26. The summed E-state index contributed by atoms with van der Waals surface area (Å²) in [5, 5.41) is 0. The first-order chi connectivity index (χ1) is 7.61. The van der Waals surface area contributed by atoms with Gasteiger partial charge >= 0.3 is 0 Å². The van der Waals surface area contributed by atoms with E-state index in [4.69, 9.17) is 4.42 Å². The van der Waals surface area contributed by atoms with Crippen LogP contribution < -0.4 is 0 Å². The second-order valence-electron chi connectivity index (χ2n) is 3.40. The van der Waals surface area contributed by atoms with Crippen LogP contribution in [0.2, 0.25) is 0 Å². The van der Waals surface area contributed by atoms with Crippen LogP contribution in [-0.4, -0.2) is 6.29 Å². The molecule has 0 saturated carbocycles. The Kier molecular flexibility index (Phi) is 3.30. The predicted molar refractivity (Wildman–Crippen MR) is 69.7 cm³/mol. The summed E-state index contributed by atoms with van der Waals surface area (Å²) in [6.07, 6.45) is 0.698. The largest absolute Gasteiger partial charge is 0.453 e. The molecule has 0 aliphatic carbocycles. The summed E-state index contributed by atoms with van der Waals surface area (Å²) in [5.41, 5.74) is 2.05. The van der Waals surface area contributed by atoms with Crippen LogP contribution >= 0.6 is 31.9 Å². The molecule has 1 aromatic carbocycles. The molecule has 2 aromatic rings.